The predicted molar refractivity (Wildman–Crippen MR) is 61.9 cm³/mol. The number of ketones is 1. The summed E-state index contributed by atoms with van der Waals surface area (Å²) >= 11 is 0. The second-order valence-electron chi connectivity index (χ2n) is 4.01. The van der Waals surface area contributed by atoms with Crippen molar-refractivity contribution in [2.75, 3.05) is 7.11 Å². The van der Waals surface area contributed by atoms with Gasteiger partial charge in [-0.15, -0.1) is 0 Å². The Labute approximate surface area is 96.2 Å². The van der Waals surface area contributed by atoms with Crippen molar-refractivity contribution in [3.8, 4) is 0 Å². The van der Waals surface area contributed by atoms with E-state index in [1.165, 1.54) is 38.9 Å². The van der Waals surface area contributed by atoms with Crippen molar-refractivity contribution in [3.63, 3.8) is 0 Å². The summed E-state index contributed by atoms with van der Waals surface area (Å²) in [4.78, 5) is 22.5. The Morgan fingerprint density at radius 3 is 2.31 bits per heavy atom. The van der Waals surface area contributed by atoms with E-state index in [0.717, 1.165) is 12.8 Å². The van der Waals surface area contributed by atoms with Gasteiger partial charge < -0.3 is 4.74 Å². The van der Waals surface area contributed by atoms with Crippen molar-refractivity contribution in [2.24, 2.45) is 0 Å². The lowest BCUT2D eigenvalue weighted by molar-refractivity contribution is -0.137. The minimum Gasteiger partial charge on any atom is -0.465 e. The molecular weight excluding hydrogens is 204 g/mol. The normalized spacial score (nSPS) is 16.9. The summed E-state index contributed by atoms with van der Waals surface area (Å²) < 4.78 is 4.56. The smallest absolute Gasteiger partial charge is 0.341 e. The molecule has 0 atom stereocenters. The lowest BCUT2D eigenvalue weighted by Crippen LogP contribution is -2.11. The molecule has 0 saturated heterocycles. The van der Waals surface area contributed by atoms with Crippen LogP contribution in [0.5, 0.6) is 0 Å². The summed E-state index contributed by atoms with van der Waals surface area (Å²) in [5.74, 6) is -0.806. The van der Waals surface area contributed by atoms with Gasteiger partial charge in [0.15, 0.2) is 5.78 Å². The molecule has 0 heterocycles. The number of hydrogen-bond donors (Lipinski definition) is 0. The van der Waals surface area contributed by atoms with Gasteiger partial charge in [-0.1, -0.05) is 18.1 Å². The lowest BCUT2D eigenvalue weighted by atomic mass is 9.94. The zero-order valence-electron chi connectivity index (χ0n) is 9.91. The van der Waals surface area contributed by atoms with Crippen molar-refractivity contribution < 1.29 is 14.3 Å². The van der Waals surface area contributed by atoms with E-state index in [9.17, 15) is 9.59 Å². The first kappa shape index (κ1) is 12.7. The maximum Gasteiger partial charge on any atom is 0.341 e. The highest BCUT2D eigenvalue weighted by Gasteiger charge is 2.13. The van der Waals surface area contributed by atoms with Crippen molar-refractivity contribution in [2.45, 2.75) is 39.0 Å². The highest BCUT2D eigenvalue weighted by atomic mass is 16.5. The first-order chi connectivity index (χ1) is 7.65. The van der Waals surface area contributed by atoms with Gasteiger partial charge in [0.1, 0.15) is 5.57 Å². The molecule has 3 heteroatoms. The molecule has 0 aromatic heterocycles. The van der Waals surface area contributed by atoms with Crippen LogP contribution in [0.3, 0.4) is 0 Å². The van der Waals surface area contributed by atoms with E-state index in [1.807, 2.05) is 6.08 Å². The molecule has 88 valence electrons. The van der Waals surface area contributed by atoms with Crippen molar-refractivity contribution in [3.05, 3.63) is 23.3 Å². The van der Waals surface area contributed by atoms with Crippen LogP contribution in [0.15, 0.2) is 23.3 Å². The number of esters is 1. The Morgan fingerprint density at radius 2 is 1.81 bits per heavy atom. The van der Waals surface area contributed by atoms with Gasteiger partial charge in [0.05, 0.1) is 7.11 Å². The Balaban J connectivity index is 2.77. The fraction of sp³-hybridized carbons (Fsp3) is 0.538. The fourth-order valence-electron chi connectivity index (χ4n) is 1.81. The third-order valence-corrected chi connectivity index (χ3v) is 2.77. The fourth-order valence-corrected chi connectivity index (χ4v) is 1.81. The lowest BCUT2D eigenvalue weighted by Gasteiger charge is -2.12. The first-order valence-corrected chi connectivity index (χ1v) is 5.64. The van der Waals surface area contributed by atoms with E-state index in [4.69, 9.17) is 0 Å². The minimum absolute atomic E-state index is 0.126. The average molecular weight is 222 g/mol. The molecule has 0 bridgehead atoms. The summed E-state index contributed by atoms with van der Waals surface area (Å²) in [6, 6.07) is 0. The number of rotatable bonds is 3. The van der Waals surface area contributed by atoms with Gasteiger partial charge in [0, 0.05) is 0 Å². The first-order valence-electron chi connectivity index (χ1n) is 5.64. The second-order valence-corrected chi connectivity index (χ2v) is 4.01. The van der Waals surface area contributed by atoms with Crippen LogP contribution in [0.1, 0.15) is 39.0 Å². The van der Waals surface area contributed by atoms with Gasteiger partial charge in [0.25, 0.3) is 0 Å². The monoisotopic (exact) mass is 222 g/mol. The van der Waals surface area contributed by atoms with Crippen LogP contribution in [-0.4, -0.2) is 18.9 Å². The molecule has 1 aliphatic carbocycles. The summed E-state index contributed by atoms with van der Waals surface area (Å²) in [5, 5.41) is 0. The highest BCUT2D eigenvalue weighted by Crippen LogP contribution is 2.22. The van der Waals surface area contributed by atoms with Crippen LogP contribution in [0.2, 0.25) is 0 Å². The Bertz CT molecular complexity index is 329. The maximum atomic E-state index is 11.3. The van der Waals surface area contributed by atoms with Gasteiger partial charge in [-0.2, -0.15) is 0 Å². The Hall–Kier alpha value is -1.38. The van der Waals surface area contributed by atoms with Crippen molar-refractivity contribution in [1.82, 2.24) is 0 Å². The molecule has 0 radical (unpaired) electrons. The molecule has 0 aromatic rings. The van der Waals surface area contributed by atoms with E-state index in [0.29, 0.717) is 0 Å². The summed E-state index contributed by atoms with van der Waals surface area (Å²) in [5.41, 5.74) is 1.44. The molecule has 0 aromatic carbocycles. The Morgan fingerprint density at radius 1 is 1.19 bits per heavy atom. The second kappa shape index (κ2) is 6.26. The number of Topliss-reactive ketones (excluding diaryl/α,β-unsaturated/α-hetero) is 1. The molecule has 1 rings (SSSR count). The molecule has 3 nitrogen and oxygen atoms in total. The summed E-state index contributed by atoms with van der Waals surface area (Å²) in [6.07, 6.45) is 9.31. The van der Waals surface area contributed by atoms with E-state index in [1.54, 1.807) is 6.08 Å². The molecular formula is C13H18O3. The standard InChI is InChI=1S/C13H18O3/c1-10(14)12(13(15)16-2)9-8-11-6-4-3-5-7-11/h8-9H,3-7H2,1-2H3/b12-9-. The van der Waals surface area contributed by atoms with Gasteiger partial charge in [-0.3, -0.25) is 4.79 Å². The third kappa shape index (κ3) is 3.65. The summed E-state index contributed by atoms with van der Waals surface area (Å²) in [7, 11) is 1.28. The van der Waals surface area contributed by atoms with Crippen LogP contribution in [0.25, 0.3) is 0 Å². The molecule has 0 spiro atoms. The SMILES string of the molecule is COC(=O)/C(=C\C=C1CCCCC1)C(C)=O. The zero-order chi connectivity index (χ0) is 12.0. The van der Waals surface area contributed by atoms with Crippen molar-refractivity contribution >= 4 is 11.8 Å². The van der Waals surface area contributed by atoms with Crippen LogP contribution in [0.4, 0.5) is 0 Å². The molecule has 0 amide bonds. The quantitative estimate of drug-likeness (QED) is 0.319. The number of ether oxygens (including phenoxy) is 1. The average Bonchev–Trinajstić information content (AvgIpc) is 2.30. The number of carbonyl (C=O) groups is 2. The minimum atomic E-state index is -0.555. The highest BCUT2D eigenvalue weighted by molar-refractivity contribution is 6.16. The topological polar surface area (TPSA) is 43.4 Å². The Kier molecular flexibility index (Phi) is 4.96. The van der Waals surface area contributed by atoms with Crippen molar-refractivity contribution in [1.29, 1.82) is 0 Å². The van der Waals surface area contributed by atoms with Gasteiger partial charge in [0.2, 0.25) is 0 Å². The largest absolute Gasteiger partial charge is 0.465 e. The van der Waals surface area contributed by atoms with Gasteiger partial charge in [-0.05, 0) is 38.7 Å². The molecule has 1 fully saturated rings. The van der Waals surface area contributed by atoms with Crippen LogP contribution >= 0.6 is 0 Å². The number of carbonyl (C=O) groups excluding carboxylic acids is 2. The third-order valence-electron chi connectivity index (χ3n) is 2.77. The molecule has 0 aliphatic heterocycles. The number of allylic oxidation sites excluding steroid dienone is 3. The van der Waals surface area contributed by atoms with E-state index in [2.05, 4.69) is 4.74 Å². The molecule has 16 heavy (non-hydrogen) atoms. The van der Waals surface area contributed by atoms with E-state index < -0.39 is 5.97 Å². The molecule has 0 unspecified atom stereocenters. The molecule has 0 N–H and O–H groups in total. The summed E-state index contributed by atoms with van der Waals surface area (Å²) in [6.45, 7) is 1.38. The molecule has 1 aliphatic rings. The zero-order valence-corrected chi connectivity index (χ0v) is 9.91. The van der Waals surface area contributed by atoms with Crippen LogP contribution < -0.4 is 0 Å². The van der Waals surface area contributed by atoms with Crippen LogP contribution in [0, 0.1) is 0 Å². The number of methoxy groups -OCH3 is 1. The van der Waals surface area contributed by atoms with Gasteiger partial charge in [-0.25, -0.2) is 4.79 Å². The van der Waals surface area contributed by atoms with E-state index in [-0.39, 0.29) is 11.4 Å². The predicted octanol–water partition coefficient (Wildman–Crippen LogP) is 2.57. The van der Waals surface area contributed by atoms with E-state index >= 15 is 0 Å². The molecule has 1 saturated carbocycles. The van der Waals surface area contributed by atoms with Gasteiger partial charge >= 0.3 is 5.97 Å². The van der Waals surface area contributed by atoms with Crippen LogP contribution in [-0.2, 0) is 14.3 Å². The number of hydrogen-bond acceptors (Lipinski definition) is 3. The maximum absolute atomic E-state index is 11.3.